The van der Waals surface area contributed by atoms with E-state index in [9.17, 15) is 0 Å². The minimum atomic E-state index is 0. The Morgan fingerprint density at radius 1 is 1.00 bits per heavy atom. The van der Waals surface area contributed by atoms with Crippen LogP contribution in [0.15, 0.2) is 24.3 Å². The summed E-state index contributed by atoms with van der Waals surface area (Å²) in [5, 5.41) is 17.3. The first-order chi connectivity index (χ1) is 3.79. The average Bonchev–Trinajstić information content (AvgIpc) is 1.64. The molecule has 3 heteroatoms. The molecule has 2 nitrogen and oxygen atoms in total. The van der Waals surface area contributed by atoms with Crippen LogP contribution in [0.25, 0.3) is 0 Å². The standard InChI is InChI=1S/C6H6O2.Li.H/c7-5-2-1-3-6(8)4-5;;/h1-4,7-8H;;. The molecule has 44 valence electrons. The normalized spacial score (nSPS) is 8.00. The maximum absolute atomic E-state index is 8.65. The van der Waals surface area contributed by atoms with Crippen LogP contribution < -0.4 is 0 Å². The molecule has 0 unspecified atom stereocenters. The average molecular weight is 118 g/mol. The third-order valence-electron chi connectivity index (χ3n) is 0.830. The van der Waals surface area contributed by atoms with Crippen molar-refractivity contribution in [2.45, 2.75) is 0 Å². The molecular weight excluding hydrogens is 111 g/mol. The number of benzene rings is 1. The first-order valence-electron chi connectivity index (χ1n) is 2.27. The van der Waals surface area contributed by atoms with Gasteiger partial charge in [-0.3, -0.25) is 0 Å². The molecule has 0 bridgehead atoms. The summed E-state index contributed by atoms with van der Waals surface area (Å²) in [6.07, 6.45) is 0. The fraction of sp³-hybridized carbons (Fsp3) is 0. The van der Waals surface area contributed by atoms with E-state index in [1.165, 1.54) is 18.2 Å². The monoisotopic (exact) mass is 118 g/mol. The minimum absolute atomic E-state index is 0. The van der Waals surface area contributed by atoms with Gasteiger partial charge in [0.15, 0.2) is 0 Å². The van der Waals surface area contributed by atoms with E-state index in [0.29, 0.717) is 0 Å². The van der Waals surface area contributed by atoms with Crippen LogP contribution in [0, 0.1) is 0 Å². The molecule has 9 heavy (non-hydrogen) atoms. The van der Waals surface area contributed by atoms with Crippen LogP contribution in [0.1, 0.15) is 0 Å². The Morgan fingerprint density at radius 3 is 1.67 bits per heavy atom. The number of phenols is 2. The van der Waals surface area contributed by atoms with Gasteiger partial charge in [-0.1, -0.05) is 6.07 Å². The molecule has 2 N–H and O–H groups in total. The van der Waals surface area contributed by atoms with E-state index < -0.39 is 0 Å². The molecule has 0 spiro atoms. The van der Waals surface area contributed by atoms with Gasteiger partial charge in [-0.05, 0) is 12.1 Å². The van der Waals surface area contributed by atoms with E-state index >= 15 is 0 Å². The van der Waals surface area contributed by atoms with Crippen molar-refractivity contribution in [2.24, 2.45) is 0 Å². The summed E-state index contributed by atoms with van der Waals surface area (Å²) in [6, 6.07) is 5.85. The molecule has 0 amide bonds. The second-order valence-electron chi connectivity index (χ2n) is 1.52. The summed E-state index contributed by atoms with van der Waals surface area (Å²) >= 11 is 0. The van der Waals surface area contributed by atoms with Crippen LogP contribution in [0.5, 0.6) is 11.5 Å². The van der Waals surface area contributed by atoms with Crippen molar-refractivity contribution < 1.29 is 10.2 Å². The van der Waals surface area contributed by atoms with Gasteiger partial charge in [-0.15, -0.1) is 0 Å². The molecule has 1 aromatic carbocycles. The Kier molecular flexibility index (Phi) is 3.22. The molecular formula is C6H7LiO2. The van der Waals surface area contributed by atoms with Crippen molar-refractivity contribution in [3.63, 3.8) is 0 Å². The molecule has 0 aliphatic rings. The van der Waals surface area contributed by atoms with Crippen LogP contribution in [0.3, 0.4) is 0 Å². The van der Waals surface area contributed by atoms with Crippen molar-refractivity contribution in [1.29, 1.82) is 0 Å². The van der Waals surface area contributed by atoms with Crippen LogP contribution in [0.2, 0.25) is 0 Å². The number of hydrogen-bond donors (Lipinski definition) is 2. The second kappa shape index (κ2) is 3.44. The van der Waals surface area contributed by atoms with Gasteiger partial charge in [0.05, 0.1) is 0 Å². The zero-order valence-electron chi connectivity index (χ0n) is 4.20. The molecule has 0 saturated carbocycles. The SMILES string of the molecule is Oc1cccc(O)c1.[LiH]. The summed E-state index contributed by atoms with van der Waals surface area (Å²) in [6.45, 7) is 0. The van der Waals surface area contributed by atoms with Crippen molar-refractivity contribution in [3.8, 4) is 11.5 Å². The fourth-order valence-electron chi connectivity index (χ4n) is 0.493. The van der Waals surface area contributed by atoms with E-state index in [0.717, 1.165) is 0 Å². The van der Waals surface area contributed by atoms with Crippen molar-refractivity contribution in [3.05, 3.63) is 24.3 Å². The van der Waals surface area contributed by atoms with Crippen LogP contribution >= 0.6 is 0 Å². The summed E-state index contributed by atoms with van der Waals surface area (Å²) in [4.78, 5) is 0. The third-order valence-corrected chi connectivity index (χ3v) is 0.830. The first kappa shape index (κ1) is 8.42. The summed E-state index contributed by atoms with van der Waals surface area (Å²) in [5.74, 6) is 0.176. The predicted octanol–water partition coefficient (Wildman–Crippen LogP) is 0.449. The zero-order valence-corrected chi connectivity index (χ0v) is 4.20. The fourth-order valence-corrected chi connectivity index (χ4v) is 0.493. The predicted molar refractivity (Wildman–Crippen MR) is 36.9 cm³/mol. The van der Waals surface area contributed by atoms with Crippen molar-refractivity contribution in [1.82, 2.24) is 0 Å². The molecule has 0 saturated heterocycles. The van der Waals surface area contributed by atoms with E-state index in [2.05, 4.69) is 0 Å². The van der Waals surface area contributed by atoms with Gasteiger partial charge >= 0.3 is 18.9 Å². The van der Waals surface area contributed by atoms with E-state index in [-0.39, 0.29) is 30.4 Å². The Labute approximate surface area is 65.3 Å². The number of aromatic hydroxyl groups is 2. The molecule has 0 aliphatic carbocycles. The molecule has 1 aromatic rings. The molecule has 0 aliphatic heterocycles. The van der Waals surface area contributed by atoms with E-state index in [1.807, 2.05) is 0 Å². The maximum atomic E-state index is 8.65. The molecule has 0 fully saturated rings. The van der Waals surface area contributed by atoms with Crippen LogP contribution in [-0.4, -0.2) is 29.1 Å². The Balaban J connectivity index is 0.000000640. The first-order valence-corrected chi connectivity index (χ1v) is 2.27. The Hall–Kier alpha value is -0.583. The number of phenolic OH excluding ortho intramolecular Hbond substituents is 2. The van der Waals surface area contributed by atoms with Gasteiger partial charge in [0.2, 0.25) is 0 Å². The van der Waals surface area contributed by atoms with Crippen molar-refractivity contribution in [2.75, 3.05) is 0 Å². The molecule has 0 atom stereocenters. The number of rotatable bonds is 0. The molecule has 0 radical (unpaired) electrons. The van der Waals surface area contributed by atoms with Gasteiger partial charge in [0.25, 0.3) is 0 Å². The van der Waals surface area contributed by atoms with E-state index in [4.69, 9.17) is 10.2 Å². The van der Waals surface area contributed by atoms with Gasteiger partial charge in [0.1, 0.15) is 11.5 Å². The van der Waals surface area contributed by atoms with Crippen LogP contribution in [0.4, 0.5) is 0 Å². The van der Waals surface area contributed by atoms with Crippen LogP contribution in [-0.2, 0) is 0 Å². The zero-order chi connectivity index (χ0) is 5.98. The summed E-state index contributed by atoms with van der Waals surface area (Å²) in [5.41, 5.74) is 0. The Morgan fingerprint density at radius 2 is 1.44 bits per heavy atom. The molecule has 0 aromatic heterocycles. The van der Waals surface area contributed by atoms with Gasteiger partial charge < -0.3 is 10.2 Å². The van der Waals surface area contributed by atoms with E-state index in [1.54, 1.807) is 6.07 Å². The second-order valence-corrected chi connectivity index (χ2v) is 1.52. The summed E-state index contributed by atoms with van der Waals surface area (Å²) in [7, 11) is 0. The van der Waals surface area contributed by atoms with Crippen molar-refractivity contribution >= 4 is 18.9 Å². The Bertz CT molecular complexity index is 171. The topological polar surface area (TPSA) is 40.5 Å². The molecule has 0 heterocycles. The van der Waals surface area contributed by atoms with Gasteiger partial charge in [-0.25, -0.2) is 0 Å². The quantitative estimate of drug-likeness (QED) is 0.485. The van der Waals surface area contributed by atoms with Gasteiger partial charge in [-0.2, -0.15) is 0 Å². The van der Waals surface area contributed by atoms with Gasteiger partial charge in [0, 0.05) is 6.07 Å². The third kappa shape index (κ3) is 2.45. The summed E-state index contributed by atoms with van der Waals surface area (Å²) < 4.78 is 0. The number of hydrogen-bond acceptors (Lipinski definition) is 2. The molecule has 1 rings (SSSR count).